The summed E-state index contributed by atoms with van der Waals surface area (Å²) in [7, 11) is 0. The van der Waals surface area contributed by atoms with Crippen molar-refractivity contribution in [1.82, 2.24) is 0 Å². The Morgan fingerprint density at radius 1 is 1.39 bits per heavy atom. The molecule has 0 aliphatic heterocycles. The summed E-state index contributed by atoms with van der Waals surface area (Å²) in [6.07, 6.45) is 1.52. The van der Waals surface area contributed by atoms with E-state index in [0.717, 1.165) is 6.08 Å². The van der Waals surface area contributed by atoms with Gasteiger partial charge in [0.2, 0.25) is 5.91 Å². The van der Waals surface area contributed by atoms with Crippen molar-refractivity contribution in [2.45, 2.75) is 6.92 Å². The third-order valence-electron chi connectivity index (χ3n) is 2.07. The number of rotatable bonds is 4. The van der Waals surface area contributed by atoms with Gasteiger partial charge in [-0.25, -0.2) is 4.79 Å². The monoisotopic (exact) mass is 250 g/mol. The Labute approximate surface area is 102 Å². The van der Waals surface area contributed by atoms with Crippen molar-refractivity contribution in [3.8, 4) is 0 Å². The Hall–Kier alpha value is -2.70. The highest BCUT2D eigenvalue weighted by molar-refractivity contribution is 6.02. The first-order chi connectivity index (χ1) is 8.40. The molecule has 0 aromatic heterocycles. The molecule has 0 aliphatic carbocycles. The van der Waals surface area contributed by atoms with Crippen LogP contribution >= 0.6 is 0 Å². The number of carbonyl (C=O) groups is 2. The summed E-state index contributed by atoms with van der Waals surface area (Å²) in [5, 5.41) is 21.3. The highest BCUT2D eigenvalue weighted by Gasteiger charge is 2.09. The molecule has 0 atom stereocenters. The minimum Gasteiger partial charge on any atom is -0.478 e. The van der Waals surface area contributed by atoms with E-state index in [2.05, 4.69) is 5.32 Å². The number of carboxylic acid groups (broad SMARTS) is 1. The number of amides is 1. The van der Waals surface area contributed by atoms with Crippen molar-refractivity contribution >= 4 is 23.3 Å². The van der Waals surface area contributed by atoms with Crippen molar-refractivity contribution in [2.75, 3.05) is 5.32 Å². The molecule has 7 heteroatoms. The average molecular weight is 250 g/mol. The van der Waals surface area contributed by atoms with E-state index in [-0.39, 0.29) is 11.4 Å². The number of nitrogens with zero attached hydrogens (tertiary/aromatic N) is 1. The molecule has 0 radical (unpaired) electrons. The van der Waals surface area contributed by atoms with Gasteiger partial charge in [-0.2, -0.15) is 0 Å². The maximum atomic E-state index is 11.3. The van der Waals surface area contributed by atoms with E-state index in [9.17, 15) is 19.7 Å². The van der Waals surface area contributed by atoms with Gasteiger partial charge < -0.3 is 10.4 Å². The lowest BCUT2D eigenvalue weighted by molar-refractivity contribution is -0.384. The fraction of sp³-hybridized carbons (Fsp3) is 0.0909. The van der Waals surface area contributed by atoms with Crippen LogP contribution in [0.15, 0.2) is 30.4 Å². The second kappa shape index (κ2) is 5.58. The molecule has 1 amide bonds. The lowest BCUT2D eigenvalue weighted by Crippen LogP contribution is -2.10. The van der Waals surface area contributed by atoms with Crippen molar-refractivity contribution < 1.29 is 19.6 Å². The molecular formula is C11H10N2O5. The van der Waals surface area contributed by atoms with Crippen LogP contribution in [0.25, 0.3) is 0 Å². The number of nitro benzene ring substituents is 1. The summed E-state index contributed by atoms with van der Waals surface area (Å²) in [5.74, 6) is -1.91. The molecule has 18 heavy (non-hydrogen) atoms. The lowest BCUT2D eigenvalue weighted by atomic mass is 10.2. The molecule has 1 aromatic rings. The van der Waals surface area contributed by atoms with Crippen molar-refractivity contribution in [2.24, 2.45) is 0 Å². The molecule has 1 aromatic carbocycles. The van der Waals surface area contributed by atoms with Gasteiger partial charge in [0, 0.05) is 24.3 Å². The van der Waals surface area contributed by atoms with Crippen LogP contribution in [-0.4, -0.2) is 21.9 Å². The Morgan fingerprint density at radius 3 is 2.61 bits per heavy atom. The number of hydrogen-bond donors (Lipinski definition) is 2. The maximum Gasteiger partial charge on any atom is 0.328 e. The molecule has 0 saturated heterocycles. The number of carboxylic acids is 1. The third-order valence-corrected chi connectivity index (χ3v) is 2.07. The average Bonchev–Trinajstić information content (AvgIpc) is 2.29. The molecule has 0 saturated carbocycles. The molecule has 0 aliphatic rings. The van der Waals surface area contributed by atoms with Crippen molar-refractivity contribution in [3.63, 3.8) is 0 Å². The number of non-ortho nitro benzene ring substituents is 1. The fourth-order valence-corrected chi connectivity index (χ4v) is 1.18. The molecule has 0 unspecified atom stereocenters. The number of carbonyl (C=O) groups excluding carboxylic acids is 1. The second-order valence-corrected chi connectivity index (χ2v) is 3.42. The van der Waals surface area contributed by atoms with Crippen LogP contribution in [0.3, 0.4) is 0 Å². The van der Waals surface area contributed by atoms with Gasteiger partial charge in [-0.3, -0.25) is 14.9 Å². The minimum absolute atomic E-state index is 0.155. The lowest BCUT2D eigenvalue weighted by Gasteiger charge is -2.05. The van der Waals surface area contributed by atoms with Gasteiger partial charge in [-0.05, 0) is 12.5 Å². The van der Waals surface area contributed by atoms with Gasteiger partial charge in [0.05, 0.1) is 10.6 Å². The number of anilines is 1. The standard InChI is InChI=1S/C11H10N2O5/c1-7-2-3-8(13(17)18)6-9(7)12-10(14)4-5-11(15)16/h2-6H,1H3,(H,12,14)(H,15,16)/b5-4-. The van der Waals surface area contributed by atoms with Gasteiger partial charge in [-0.15, -0.1) is 0 Å². The minimum atomic E-state index is -1.25. The summed E-state index contributed by atoms with van der Waals surface area (Å²) < 4.78 is 0. The Bertz CT molecular complexity index is 536. The summed E-state index contributed by atoms with van der Waals surface area (Å²) in [5.41, 5.74) is 0.750. The summed E-state index contributed by atoms with van der Waals surface area (Å²) in [6.45, 7) is 1.67. The number of hydrogen-bond acceptors (Lipinski definition) is 4. The summed E-state index contributed by atoms with van der Waals surface area (Å²) in [6, 6.07) is 4.02. The smallest absolute Gasteiger partial charge is 0.328 e. The first-order valence-electron chi connectivity index (χ1n) is 4.87. The Morgan fingerprint density at radius 2 is 2.06 bits per heavy atom. The summed E-state index contributed by atoms with van der Waals surface area (Å²) >= 11 is 0. The molecular weight excluding hydrogens is 240 g/mol. The zero-order valence-corrected chi connectivity index (χ0v) is 9.41. The number of nitrogens with one attached hydrogen (secondary N) is 1. The van der Waals surface area contributed by atoms with E-state index >= 15 is 0 Å². The SMILES string of the molecule is Cc1ccc([N+](=O)[O-])cc1NC(=O)/C=C\C(=O)O. The third kappa shape index (κ3) is 3.71. The first kappa shape index (κ1) is 13.4. The van der Waals surface area contributed by atoms with Gasteiger partial charge in [0.15, 0.2) is 0 Å². The maximum absolute atomic E-state index is 11.3. The van der Waals surface area contributed by atoms with E-state index < -0.39 is 16.8 Å². The number of aliphatic carboxylic acids is 1. The van der Waals surface area contributed by atoms with Crippen LogP contribution in [-0.2, 0) is 9.59 Å². The van der Waals surface area contributed by atoms with Gasteiger partial charge in [0.25, 0.3) is 5.69 Å². The first-order valence-corrected chi connectivity index (χ1v) is 4.87. The molecule has 7 nitrogen and oxygen atoms in total. The van der Waals surface area contributed by atoms with E-state index in [1.165, 1.54) is 18.2 Å². The summed E-state index contributed by atoms with van der Waals surface area (Å²) in [4.78, 5) is 31.5. The quantitative estimate of drug-likeness (QED) is 0.477. The molecule has 0 spiro atoms. The Kier molecular flexibility index (Phi) is 4.14. The van der Waals surface area contributed by atoms with Gasteiger partial charge >= 0.3 is 5.97 Å². The highest BCUT2D eigenvalue weighted by atomic mass is 16.6. The molecule has 2 N–H and O–H groups in total. The fourth-order valence-electron chi connectivity index (χ4n) is 1.18. The van der Waals surface area contributed by atoms with Crippen LogP contribution in [0, 0.1) is 17.0 Å². The Balaban J connectivity index is 2.90. The second-order valence-electron chi connectivity index (χ2n) is 3.42. The van der Waals surface area contributed by atoms with E-state index in [1.807, 2.05) is 0 Å². The molecule has 0 fully saturated rings. The van der Waals surface area contributed by atoms with Crippen LogP contribution in [0.2, 0.25) is 0 Å². The number of aryl methyl sites for hydroxylation is 1. The van der Waals surface area contributed by atoms with E-state index in [4.69, 9.17) is 5.11 Å². The van der Waals surface area contributed by atoms with Crippen LogP contribution in [0.5, 0.6) is 0 Å². The molecule has 0 bridgehead atoms. The van der Waals surface area contributed by atoms with E-state index in [1.54, 1.807) is 6.92 Å². The van der Waals surface area contributed by atoms with Crippen LogP contribution in [0.4, 0.5) is 11.4 Å². The van der Waals surface area contributed by atoms with E-state index in [0.29, 0.717) is 11.6 Å². The van der Waals surface area contributed by atoms with Crippen molar-refractivity contribution in [1.29, 1.82) is 0 Å². The van der Waals surface area contributed by atoms with Gasteiger partial charge in [0.1, 0.15) is 0 Å². The zero-order chi connectivity index (χ0) is 13.7. The van der Waals surface area contributed by atoms with Crippen molar-refractivity contribution in [3.05, 3.63) is 46.0 Å². The van der Waals surface area contributed by atoms with Gasteiger partial charge in [-0.1, -0.05) is 6.07 Å². The van der Waals surface area contributed by atoms with Crippen LogP contribution in [0.1, 0.15) is 5.56 Å². The predicted molar refractivity (Wildman–Crippen MR) is 63.2 cm³/mol. The molecule has 1 rings (SSSR count). The normalized spacial score (nSPS) is 10.3. The topological polar surface area (TPSA) is 110 Å². The highest BCUT2D eigenvalue weighted by Crippen LogP contribution is 2.21. The number of nitro groups is 1. The number of benzene rings is 1. The predicted octanol–water partition coefficient (Wildman–Crippen LogP) is 1.48. The largest absolute Gasteiger partial charge is 0.478 e. The zero-order valence-electron chi connectivity index (χ0n) is 9.41. The molecule has 94 valence electrons. The molecule has 0 heterocycles. The van der Waals surface area contributed by atoms with Crippen LogP contribution < -0.4 is 5.32 Å².